The molecule has 138 valence electrons. The summed E-state index contributed by atoms with van der Waals surface area (Å²) in [4.78, 5) is 27.7. The predicted octanol–water partition coefficient (Wildman–Crippen LogP) is -0.377. The molecule has 28 heavy (non-hydrogen) atoms. The maximum Gasteiger partial charge on any atom is 1.00 e. The fraction of sp³-hybridized carbons (Fsp3) is 0.200. The molecule has 1 fully saturated rings. The summed E-state index contributed by atoms with van der Waals surface area (Å²) in [6, 6.07) is 14.3. The molecule has 0 aliphatic carbocycles. The zero-order valence-corrected chi connectivity index (χ0v) is 18.4. The molecular weight excluding hydrogens is 385 g/mol. The molecule has 0 radical (unpaired) electrons. The molecule has 0 bridgehead atoms. The van der Waals surface area contributed by atoms with E-state index in [0.717, 1.165) is 13.1 Å². The number of thiophene rings is 1. The summed E-state index contributed by atoms with van der Waals surface area (Å²) in [7, 11) is 0. The Bertz CT molecular complexity index is 999. The van der Waals surface area contributed by atoms with Crippen molar-refractivity contribution >= 4 is 44.8 Å². The number of piperazine rings is 1. The minimum Gasteiger partial charge on any atom is -0.545 e. The van der Waals surface area contributed by atoms with Gasteiger partial charge in [-0.15, -0.1) is 11.3 Å². The number of nitrogens with zero attached hydrogens (tertiary/aromatic N) is 2. The Hall–Kier alpha value is -2.06. The van der Waals surface area contributed by atoms with Crippen molar-refractivity contribution in [3.63, 3.8) is 0 Å². The average Bonchev–Trinajstić information content (AvgIpc) is 3.12. The van der Waals surface area contributed by atoms with E-state index in [0.29, 0.717) is 13.1 Å². The van der Waals surface area contributed by atoms with Crippen LogP contribution in [-0.2, 0) is 0 Å². The number of carbonyl (C=O) groups is 2. The van der Waals surface area contributed by atoms with Gasteiger partial charge in [-0.2, -0.15) is 0 Å². The maximum atomic E-state index is 12.5. The SMILES string of the molecule is O=C([O-])c1ccccc1NC(=O)N1CCN(c2csc3ccccc23)CC1.[Na+]. The molecule has 1 aliphatic heterocycles. The van der Waals surface area contributed by atoms with E-state index in [2.05, 4.69) is 27.7 Å². The minimum absolute atomic E-state index is 0. The first-order valence-corrected chi connectivity index (χ1v) is 9.59. The second kappa shape index (κ2) is 8.96. The van der Waals surface area contributed by atoms with Crippen molar-refractivity contribution in [2.24, 2.45) is 0 Å². The van der Waals surface area contributed by atoms with Crippen LogP contribution in [0, 0.1) is 0 Å². The van der Waals surface area contributed by atoms with Gasteiger partial charge in [0.1, 0.15) is 0 Å². The van der Waals surface area contributed by atoms with Crippen molar-refractivity contribution in [3.05, 3.63) is 59.5 Å². The van der Waals surface area contributed by atoms with Crippen molar-refractivity contribution in [2.45, 2.75) is 0 Å². The topological polar surface area (TPSA) is 75.7 Å². The molecule has 1 aliphatic rings. The third-order valence-corrected chi connectivity index (χ3v) is 5.71. The van der Waals surface area contributed by atoms with E-state index < -0.39 is 5.97 Å². The molecule has 3 aromatic rings. The van der Waals surface area contributed by atoms with E-state index in [1.54, 1.807) is 34.4 Å². The molecule has 0 saturated carbocycles. The number of rotatable bonds is 3. The third kappa shape index (κ3) is 4.17. The van der Waals surface area contributed by atoms with Crippen LogP contribution in [-0.4, -0.2) is 43.1 Å². The second-order valence-corrected chi connectivity index (χ2v) is 7.27. The van der Waals surface area contributed by atoms with Gasteiger partial charge in [0, 0.05) is 47.2 Å². The standard InChI is InChI=1S/C20H19N3O3S.Na/c24-19(25)14-5-1-3-7-16(14)21-20(26)23-11-9-22(10-12-23)17-13-27-18-8-4-2-6-15(17)18;/h1-8,13H,9-12H2,(H,21,26)(H,24,25);/q;+1/p-1. The number of amides is 2. The summed E-state index contributed by atoms with van der Waals surface area (Å²) in [5.74, 6) is -1.31. The smallest absolute Gasteiger partial charge is 0.545 e. The van der Waals surface area contributed by atoms with Crippen LogP contribution < -0.4 is 44.9 Å². The normalized spacial score (nSPS) is 13.9. The van der Waals surface area contributed by atoms with E-state index in [1.165, 1.54) is 21.8 Å². The molecular formula is C20H18N3NaO3S. The van der Waals surface area contributed by atoms with Crippen molar-refractivity contribution < 1.29 is 44.3 Å². The van der Waals surface area contributed by atoms with Crippen LogP contribution in [0.3, 0.4) is 0 Å². The number of nitrogens with one attached hydrogen (secondary N) is 1. The van der Waals surface area contributed by atoms with Gasteiger partial charge in [0.15, 0.2) is 0 Å². The number of benzene rings is 2. The number of carbonyl (C=O) groups excluding carboxylic acids is 2. The molecule has 6 nitrogen and oxygen atoms in total. The van der Waals surface area contributed by atoms with Crippen molar-refractivity contribution in [1.82, 2.24) is 4.90 Å². The van der Waals surface area contributed by atoms with Crippen LogP contribution in [0.1, 0.15) is 10.4 Å². The number of carboxylic acids is 1. The Kier molecular flexibility index (Phi) is 6.61. The van der Waals surface area contributed by atoms with E-state index in [9.17, 15) is 14.7 Å². The molecule has 0 spiro atoms. The minimum atomic E-state index is -1.31. The molecule has 0 unspecified atom stereocenters. The summed E-state index contributed by atoms with van der Waals surface area (Å²) in [5, 5.41) is 17.3. The summed E-state index contributed by atoms with van der Waals surface area (Å²) in [6.07, 6.45) is 0. The van der Waals surface area contributed by atoms with Crippen LogP contribution >= 0.6 is 11.3 Å². The molecule has 1 saturated heterocycles. The quantitative estimate of drug-likeness (QED) is 0.605. The average molecular weight is 403 g/mol. The Morgan fingerprint density at radius 3 is 2.39 bits per heavy atom. The molecule has 2 amide bonds. The number of anilines is 2. The molecule has 2 heterocycles. The molecule has 0 atom stereocenters. The molecule has 2 aromatic carbocycles. The van der Waals surface area contributed by atoms with Gasteiger partial charge in [0.05, 0.1) is 17.3 Å². The van der Waals surface area contributed by atoms with Crippen molar-refractivity contribution in [2.75, 3.05) is 36.4 Å². The first-order valence-electron chi connectivity index (χ1n) is 8.71. The van der Waals surface area contributed by atoms with Gasteiger partial charge in [-0.05, 0) is 12.1 Å². The molecule has 1 aromatic heterocycles. The van der Waals surface area contributed by atoms with E-state index >= 15 is 0 Å². The van der Waals surface area contributed by atoms with Crippen LogP contribution in [0.5, 0.6) is 0 Å². The maximum absolute atomic E-state index is 12.5. The van der Waals surface area contributed by atoms with Crippen molar-refractivity contribution in [1.29, 1.82) is 0 Å². The summed E-state index contributed by atoms with van der Waals surface area (Å²) in [5.41, 5.74) is 1.45. The molecule has 4 rings (SSSR count). The molecule has 8 heteroatoms. The van der Waals surface area contributed by atoms with Gasteiger partial charge >= 0.3 is 35.6 Å². The van der Waals surface area contributed by atoms with E-state index in [1.807, 2.05) is 12.1 Å². The van der Waals surface area contributed by atoms with Crippen molar-refractivity contribution in [3.8, 4) is 0 Å². The number of hydrogen-bond acceptors (Lipinski definition) is 5. The first kappa shape index (κ1) is 20.7. The van der Waals surface area contributed by atoms with Crippen LogP contribution in [0.15, 0.2) is 53.9 Å². The van der Waals surface area contributed by atoms with Gasteiger partial charge in [0.2, 0.25) is 0 Å². The Morgan fingerprint density at radius 2 is 1.64 bits per heavy atom. The largest absolute Gasteiger partial charge is 1.00 e. The zero-order chi connectivity index (χ0) is 18.8. The summed E-state index contributed by atoms with van der Waals surface area (Å²) >= 11 is 1.72. The number of para-hydroxylation sites is 1. The summed E-state index contributed by atoms with van der Waals surface area (Å²) in [6.45, 7) is 2.61. The van der Waals surface area contributed by atoms with Gasteiger partial charge in [0.25, 0.3) is 0 Å². The summed E-state index contributed by atoms with van der Waals surface area (Å²) < 4.78 is 1.26. The number of fused-ring (bicyclic) bond motifs is 1. The van der Waals surface area contributed by atoms with Gasteiger partial charge in [-0.3, -0.25) is 0 Å². The monoisotopic (exact) mass is 403 g/mol. The zero-order valence-electron chi connectivity index (χ0n) is 15.6. The van der Waals surface area contributed by atoms with E-state index in [4.69, 9.17) is 0 Å². The fourth-order valence-corrected chi connectivity index (χ4v) is 4.29. The second-order valence-electron chi connectivity index (χ2n) is 6.35. The Balaban J connectivity index is 0.00000225. The predicted molar refractivity (Wildman–Crippen MR) is 105 cm³/mol. The van der Waals surface area contributed by atoms with Crippen LogP contribution in [0.25, 0.3) is 10.1 Å². The van der Waals surface area contributed by atoms with Gasteiger partial charge < -0.3 is 25.0 Å². The van der Waals surface area contributed by atoms with Crippen LogP contribution in [0.4, 0.5) is 16.2 Å². The number of carboxylic acid groups (broad SMARTS) is 1. The van der Waals surface area contributed by atoms with Gasteiger partial charge in [-0.1, -0.05) is 36.4 Å². The van der Waals surface area contributed by atoms with Gasteiger partial charge in [-0.25, -0.2) is 4.79 Å². The molecule has 1 N–H and O–H groups in total. The number of urea groups is 1. The first-order chi connectivity index (χ1) is 13.1. The Morgan fingerprint density at radius 1 is 0.964 bits per heavy atom. The fourth-order valence-electron chi connectivity index (χ4n) is 3.32. The third-order valence-electron chi connectivity index (χ3n) is 4.76. The van der Waals surface area contributed by atoms with E-state index in [-0.39, 0.29) is 46.8 Å². The number of hydrogen-bond donors (Lipinski definition) is 1. The number of aromatic carboxylic acids is 1. The van der Waals surface area contributed by atoms with Crippen LogP contribution in [0.2, 0.25) is 0 Å². The Labute approximate surface area is 189 Å².